The van der Waals surface area contributed by atoms with Crippen molar-refractivity contribution in [3.05, 3.63) is 50.6 Å². The minimum absolute atomic E-state index is 0.693. The summed E-state index contributed by atoms with van der Waals surface area (Å²) in [6.45, 7) is 4.23. The normalized spacial score (nSPS) is 11.2. The molecule has 6 heteroatoms. The van der Waals surface area contributed by atoms with Crippen LogP contribution in [0.1, 0.15) is 16.0 Å². The lowest BCUT2D eigenvalue weighted by molar-refractivity contribution is 1.10. The number of aryl methyl sites for hydroxylation is 2. The molecule has 0 saturated carbocycles. The van der Waals surface area contributed by atoms with Gasteiger partial charge in [0.05, 0.1) is 0 Å². The van der Waals surface area contributed by atoms with Crippen LogP contribution in [-0.4, -0.2) is 9.97 Å². The number of hydrogen-bond acceptors (Lipinski definition) is 4. The van der Waals surface area contributed by atoms with E-state index in [0.29, 0.717) is 15.8 Å². The van der Waals surface area contributed by atoms with Gasteiger partial charge in [0.15, 0.2) is 0 Å². The number of benzene rings is 1. The van der Waals surface area contributed by atoms with Crippen LogP contribution in [0, 0.1) is 13.8 Å². The Morgan fingerprint density at radius 2 is 1.86 bits per heavy atom. The third-order valence-electron chi connectivity index (χ3n) is 3.35. The minimum Gasteiger partial charge on any atom is -0.229 e. The molecule has 2 heterocycles. The summed E-state index contributed by atoms with van der Waals surface area (Å²) in [5, 5.41) is 3.52. The Kier molecular flexibility index (Phi) is 4.41. The summed E-state index contributed by atoms with van der Waals surface area (Å²) in [7, 11) is 0. The van der Waals surface area contributed by atoms with Gasteiger partial charge < -0.3 is 0 Å². The third-order valence-corrected chi connectivity index (χ3v) is 6.18. The molecule has 0 atom stereocenters. The van der Waals surface area contributed by atoms with E-state index in [1.807, 2.05) is 18.2 Å². The average Bonchev–Trinajstić information content (AvgIpc) is 2.74. The molecule has 0 aliphatic carbocycles. The largest absolute Gasteiger partial charge is 0.229 e. The van der Waals surface area contributed by atoms with Gasteiger partial charge in [-0.15, -0.1) is 23.1 Å². The van der Waals surface area contributed by atoms with Crippen molar-refractivity contribution in [2.24, 2.45) is 0 Å². The summed E-state index contributed by atoms with van der Waals surface area (Å²) in [6, 6.07) is 5.58. The Bertz CT molecular complexity index is 795. The molecule has 0 unspecified atom stereocenters. The molecule has 0 saturated heterocycles. The van der Waals surface area contributed by atoms with Crippen molar-refractivity contribution >= 4 is 56.5 Å². The molecule has 0 aliphatic heterocycles. The van der Waals surface area contributed by atoms with Crippen molar-refractivity contribution in [2.45, 2.75) is 24.6 Å². The number of rotatable bonds is 3. The zero-order valence-corrected chi connectivity index (χ0v) is 14.6. The second-order valence-electron chi connectivity index (χ2n) is 4.63. The Balaban J connectivity index is 1.96. The van der Waals surface area contributed by atoms with Crippen LogP contribution in [0.5, 0.6) is 0 Å². The van der Waals surface area contributed by atoms with Crippen molar-refractivity contribution in [3.63, 3.8) is 0 Å². The Morgan fingerprint density at radius 3 is 2.57 bits per heavy atom. The van der Waals surface area contributed by atoms with E-state index < -0.39 is 0 Å². The van der Waals surface area contributed by atoms with Crippen LogP contribution >= 0.6 is 46.3 Å². The summed E-state index contributed by atoms with van der Waals surface area (Å²) < 4.78 is 0. The van der Waals surface area contributed by atoms with Crippen molar-refractivity contribution in [2.75, 3.05) is 0 Å². The Hall–Kier alpha value is -0.810. The first-order chi connectivity index (χ1) is 10.1. The molecule has 3 rings (SSSR count). The van der Waals surface area contributed by atoms with E-state index in [4.69, 9.17) is 23.2 Å². The van der Waals surface area contributed by atoms with Crippen LogP contribution in [0.2, 0.25) is 10.0 Å². The van der Waals surface area contributed by atoms with Crippen LogP contribution in [0.4, 0.5) is 0 Å². The van der Waals surface area contributed by atoms with Gasteiger partial charge in [-0.05, 0) is 37.1 Å². The molecule has 0 radical (unpaired) electrons. The summed E-state index contributed by atoms with van der Waals surface area (Å²) in [4.78, 5) is 11.1. The number of thioether (sulfide) groups is 1. The van der Waals surface area contributed by atoms with Gasteiger partial charge in [-0.25, -0.2) is 9.97 Å². The summed E-state index contributed by atoms with van der Waals surface area (Å²) in [5.41, 5.74) is 2.20. The number of halogens is 2. The van der Waals surface area contributed by atoms with E-state index in [0.717, 1.165) is 20.8 Å². The van der Waals surface area contributed by atoms with Crippen LogP contribution in [-0.2, 0) is 5.75 Å². The first kappa shape index (κ1) is 15.1. The van der Waals surface area contributed by atoms with Gasteiger partial charge in [0.1, 0.15) is 16.2 Å². The van der Waals surface area contributed by atoms with E-state index in [9.17, 15) is 0 Å². The Morgan fingerprint density at radius 1 is 1.14 bits per heavy atom. The second kappa shape index (κ2) is 6.13. The Labute approximate surface area is 141 Å². The van der Waals surface area contributed by atoms with E-state index in [1.165, 1.54) is 10.4 Å². The van der Waals surface area contributed by atoms with Gasteiger partial charge in [-0.3, -0.25) is 0 Å². The number of thiophene rings is 1. The molecule has 0 fully saturated rings. The van der Waals surface area contributed by atoms with Crippen LogP contribution in [0.15, 0.2) is 29.6 Å². The number of aromatic nitrogens is 2. The van der Waals surface area contributed by atoms with Crippen molar-refractivity contribution < 1.29 is 0 Å². The standard InChI is InChI=1S/C15H12Cl2N2S2/c1-8-9(2)21-15-13(8)14(18-7-19-15)20-6-10-11(16)4-3-5-12(10)17/h3-5,7H,6H2,1-2H3. The number of fused-ring (bicyclic) bond motifs is 1. The summed E-state index contributed by atoms with van der Waals surface area (Å²) in [5.74, 6) is 0.693. The van der Waals surface area contributed by atoms with E-state index in [2.05, 4.69) is 23.8 Å². The molecule has 21 heavy (non-hydrogen) atoms. The molecule has 2 aromatic heterocycles. The smallest absolute Gasteiger partial charge is 0.128 e. The second-order valence-corrected chi connectivity index (χ2v) is 7.61. The fourth-order valence-electron chi connectivity index (χ4n) is 2.07. The van der Waals surface area contributed by atoms with Gasteiger partial charge in [-0.2, -0.15) is 0 Å². The molecular weight excluding hydrogens is 343 g/mol. The number of hydrogen-bond donors (Lipinski definition) is 0. The molecule has 0 N–H and O–H groups in total. The van der Waals surface area contributed by atoms with E-state index >= 15 is 0 Å². The van der Waals surface area contributed by atoms with Crippen LogP contribution in [0.25, 0.3) is 10.2 Å². The minimum atomic E-state index is 0.693. The first-order valence-corrected chi connectivity index (χ1v) is 8.90. The lowest BCUT2D eigenvalue weighted by Crippen LogP contribution is -1.89. The maximum atomic E-state index is 6.22. The van der Waals surface area contributed by atoms with Gasteiger partial charge in [0.2, 0.25) is 0 Å². The van der Waals surface area contributed by atoms with E-state index in [1.54, 1.807) is 29.4 Å². The molecule has 0 bridgehead atoms. The van der Waals surface area contributed by atoms with E-state index in [-0.39, 0.29) is 0 Å². The van der Waals surface area contributed by atoms with Crippen molar-refractivity contribution in [3.8, 4) is 0 Å². The molecule has 0 amide bonds. The zero-order valence-electron chi connectivity index (χ0n) is 11.5. The summed E-state index contributed by atoms with van der Waals surface area (Å²) in [6.07, 6.45) is 1.62. The molecule has 0 aliphatic rings. The van der Waals surface area contributed by atoms with Gasteiger partial charge in [0.25, 0.3) is 0 Å². The monoisotopic (exact) mass is 354 g/mol. The molecular formula is C15H12Cl2N2S2. The highest BCUT2D eigenvalue weighted by Crippen LogP contribution is 2.37. The third kappa shape index (κ3) is 2.90. The van der Waals surface area contributed by atoms with Crippen molar-refractivity contribution in [1.29, 1.82) is 0 Å². The molecule has 0 spiro atoms. The first-order valence-electron chi connectivity index (χ1n) is 6.34. The average molecular weight is 355 g/mol. The highest BCUT2D eigenvalue weighted by Gasteiger charge is 2.13. The maximum absolute atomic E-state index is 6.22. The quantitative estimate of drug-likeness (QED) is 0.432. The number of nitrogens with zero attached hydrogens (tertiary/aromatic N) is 2. The maximum Gasteiger partial charge on any atom is 0.128 e. The van der Waals surface area contributed by atoms with Crippen molar-refractivity contribution in [1.82, 2.24) is 9.97 Å². The molecule has 108 valence electrons. The fraction of sp³-hybridized carbons (Fsp3) is 0.200. The predicted octanol–water partition coefficient (Wildman–Crippen LogP) is 5.91. The lowest BCUT2D eigenvalue weighted by Gasteiger charge is -2.07. The SMILES string of the molecule is Cc1sc2ncnc(SCc3c(Cl)cccc3Cl)c2c1C. The molecule has 2 nitrogen and oxygen atoms in total. The highest BCUT2D eigenvalue weighted by atomic mass is 35.5. The molecule has 3 aromatic rings. The summed E-state index contributed by atoms with van der Waals surface area (Å²) >= 11 is 15.8. The molecule has 1 aromatic carbocycles. The van der Waals surface area contributed by atoms with Crippen LogP contribution < -0.4 is 0 Å². The highest BCUT2D eigenvalue weighted by molar-refractivity contribution is 7.98. The predicted molar refractivity (Wildman–Crippen MR) is 92.9 cm³/mol. The van der Waals surface area contributed by atoms with Crippen LogP contribution in [0.3, 0.4) is 0 Å². The van der Waals surface area contributed by atoms with Gasteiger partial charge >= 0.3 is 0 Å². The zero-order chi connectivity index (χ0) is 15.0. The van der Waals surface area contributed by atoms with Gasteiger partial charge in [0, 0.05) is 26.1 Å². The topological polar surface area (TPSA) is 25.8 Å². The fourth-order valence-corrected chi connectivity index (χ4v) is 4.93. The lowest BCUT2D eigenvalue weighted by atomic mass is 10.2. The van der Waals surface area contributed by atoms with Gasteiger partial charge in [-0.1, -0.05) is 29.3 Å².